The van der Waals surface area contributed by atoms with E-state index in [4.69, 9.17) is 9.47 Å². The molecular weight excluding hydrogens is 356 g/mol. The molecule has 1 aliphatic heterocycles. The van der Waals surface area contributed by atoms with Crippen LogP contribution in [0.25, 0.3) is 0 Å². The first-order valence-electron chi connectivity index (χ1n) is 9.34. The summed E-state index contributed by atoms with van der Waals surface area (Å²) in [6.45, 7) is 2.35. The lowest BCUT2D eigenvalue weighted by molar-refractivity contribution is -0.162. The quantitative estimate of drug-likeness (QED) is 0.561. The van der Waals surface area contributed by atoms with E-state index in [1.807, 2.05) is 61.5 Å². The standard InChI is InChI=1S/C22H26N2O4/c1-15-20(23-19(22(26)28-3)13-16-7-5-4-6-8-16)24(21(15)25)14-17-9-11-18(27-2)12-10-17/h4-12,15,19-20,23H,13-14H2,1-3H3/t15-,19+,20-/m0/s1. The molecule has 6 heteroatoms. The molecular formula is C22H26N2O4. The minimum absolute atomic E-state index is 0.0663. The molecule has 0 saturated carbocycles. The lowest BCUT2D eigenvalue weighted by Crippen LogP contribution is -2.68. The van der Waals surface area contributed by atoms with E-state index in [0.717, 1.165) is 16.9 Å². The predicted molar refractivity (Wildman–Crippen MR) is 106 cm³/mol. The van der Waals surface area contributed by atoms with Crippen molar-refractivity contribution < 1.29 is 19.1 Å². The highest BCUT2D eigenvalue weighted by Crippen LogP contribution is 2.28. The van der Waals surface area contributed by atoms with Crippen LogP contribution in [0.2, 0.25) is 0 Å². The van der Waals surface area contributed by atoms with E-state index in [-0.39, 0.29) is 24.0 Å². The van der Waals surface area contributed by atoms with Crippen molar-refractivity contribution in [2.45, 2.75) is 32.1 Å². The Morgan fingerprint density at radius 3 is 2.36 bits per heavy atom. The summed E-state index contributed by atoms with van der Waals surface area (Å²) >= 11 is 0. The summed E-state index contributed by atoms with van der Waals surface area (Å²) in [7, 11) is 3.00. The molecule has 0 unspecified atom stereocenters. The second kappa shape index (κ2) is 8.89. The van der Waals surface area contributed by atoms with E-state index in [0.29, 0.717) is 13.0 Å². The molecule has 28 heavy (non-hydrogen) atoms. The summed E-state index contributed by atoms with van der Waals surface area (Å²) in [6.07, 6.45) is 0.281. The molecule has 1 amide bonds. The van der Waals surface area contributed by atoms with Crippen molar-refractivity contribution in [3.8, 4) is 5.75 Å². The number of methoxy groups -OCH3 is 2. The second-order valence-electron chi connectivity index (χ2n) is 6.98. The molecule has 2 aromatic carbocycles. The van der Waals surface area contributed by atoms with E-state index < -0.39 is 6.04 Å². The maximum absolute atomic E-state index is 12.4. The molecule has 0 radical (unpaired) electrons. The summed E-state index contributed by atoms with van der Waals surface area (Å²) in [6, 6.07) is 16.9. The molecule has 1 N–H and O–H groups in total. The van der Waals surface area contributed by atoms with Crippen LogP contribution in [0.1, 0.15) is 18.1 Å². The maximum atomic E-state index is 12.4. The highest BCUT2D eigenvalue weighted by molar-refractivity contribution is 5.86. The topological polar surface area (TPSA) is 67.9 Å². The van der Waals surface area contributed by atoms with Gasteiger partial charge in [-0.1, -0.05) is 49.4 Å². The summed E-state index contributed by atoms with van der Waals surface area (Å²) < 4.78 is 10.2. The van der Waals surface area contributed by atoms with Gasteiger partial charge in [0.25, 0.3) is 0 Å². The minimum Gasteiger partial charge on any atom is -0.497 e. The van der Waals surface area contributed by atoms with Gasteiger partial charge in [-0.05, 0) is 29.7 Å². The molecule has 3 rings (SSSR count). The Hall–Kier alpha value is -2.86. The summed E-state index contributed by atoms with van der Waals surface area (Å²) in [4.78, 5) is 26.5. The Bertz CT molecular complexity index is 807. The van der Waals surface area contributed by atoms with Crippen LogP contribution in [0.5, 0.6) is 5.75 Å². The fraction of sp³-hybridized carbons (Fsp3) is 0.364. The van der Waals surface area contributed by atoms with E-state index in [9.17, 15) is 9.59 Å². The third-order valence-corrected chi connectivity index (χ3v) is 5.13. The number of esters is 1. The van der Waals surface area contributed by atoms with E-state index >= 15 is 0 Å². The molecule has 0 spiro atoms. The second-order valence-corrected chi connectivity index (χ2v) is 6.98. The van der Waals surface area contributed by atoms with Crippen LogP contribution in [0.3, 0.4) is 0 Å². The summed E-state index contributed by atoms with van der Waals surface area (Å²) in [5, 5.41) is 3.33. The number of hydrogen-bond donors (Lipinski definition) is 1. The fourth-order valence-corrected chi connectivity index (χ4v) is 3.47. The van der Waals surface area contributed by atoms with Crippen LogP contribution in [-0.4, -0.2) is 43.2 Å². The number of benzene rings is 2. The average molecular weight is 382 g/mol. The number of rotatable bonds is 8. The largest absolute Gasteiger partial charge is 0.497 e. The highest BCUT2D eigenvalue weighted by Gasteiger charge is 2.45. The number of carbonyl (C=O) groups is 2. The number of ether oxygens (including phenoxy) is 2. The number of carbonyl (C=O) groups excluding carboxylic acids is 2. The Kier molecular flexibility index (Phi) is 6.31. The zero-order valence-corrected chi connectivity index (χ0v) is 16.4. The van der Waals surface area contributed by atoms with Crippen LogP contribution in [0, 0.1) is 5.92 Å². The molecule has 0 aromatic heterocycles. The van der Waals surface area contributed by atoms with Crippen LogP contribution in [0.4, 0.5) is 0 Å². The van der Waals surface area contributed by atoms with Gasteiger partial charge in [-0.2, -0.15) is 0 Å². The first kappa shape index (κ1) is 19.9. The molecule has 1 saturated heterocycles. The SMILES string of the molecule is COC(=O)[C@@H](Cc1ccccc1)N[C@@H]1[C@H](C)C(=O)N1Cc1ccc(OC)cc1. The van der Waals surface area contributed by atoms with Gasteiger partial charge in [0.1, 0.15) is 11.8 Å². The Balaban J connectivity index is 1.70. The van der Waals surface area contributed by atoms with Gasteiger partial charge in [0, 0.05) is 6.54 Å². The molecule has 6 nitrogen and oxygen atoms in total. The van der Waals surface area contributed by atoms with Gasteiger partial charge in [-0.15, -0.1) is 0 Å². The summed E-state index contributed by atoms with van der Waals surface area (Å²) in [5.41, 5.74) is 2.04. The van der Waals surface area contributed by atoms with Gasteiger partial charge < -0.3 is 14.4 Å². The lowest BCUT2D eigenvalue weighted by atomic mass is 9.93. The third kappa shape index (κ3) is 4.34. The van der Waals surface area contributed by atoms with Gasteiger partial charge in [-0.25, -0.2) is 0 Å². The Morgan fingerprint density at radius 2 is 1.75 bits per heavy atom. The number of hydrogen-bond acceptors (Lipinski definition) is 5. The van der Waals surface area contributed by atoms with Gasteiger partial charge in [0.2, 0.25) is 5.91 Å². The summed E-state index contributed by atoms with van der Waals surface area (Å²) in [5.74, 6) is 0.313. The zero-order chi connectivity index (χ0) is 20.1. The van der Waals surface area contributed by atoms with E-state index in [1.165, 1.54) is 7.11 Å². The van der Waals surface area contributed by atoms with Crippen LogP contribution in [0.15, 0.2) is 54.6 Å². The fourth-order valence-electron chi connectivity index (χ4n) is 3.47. The minimum atomic E-state index is -0.522. The first-order valence-corrected chi connectivity index (χ1v) is 9.34. The first-order chi connectivity index (χ1) is 13.5. The van der Waals surface area contributed by atoms with Crippen LogP contribution < -0.4 is 10.1 Å². The number of β-lactam (4-membered cyclic amide) rings is 1. The van der Waals surface area contributed by atoms with E-state index in [2.05, 4.69) is 5.32 Å². The number of nitrogens with one attached hydrogen (secondary N) is 1. The normalized spacial score (nSPS) is 19.7. The Morgan fingerprint density at radius 1 is 1.07 bits per heavy atom. The predicted octanol–water partition coefficient (Wildman–Crippen LogP) is 2.37. The smallest absolute Gasteiger partial charge is 0.323 e. The maximum Gasteiger partial charge on any atom is 0.323 e. The number of amides is 1. The van der Waals surface area contributed by atoms with E-state index in [1.54, 1.807) is 12.0 Å². The van der Waals surface area contributed by atoms with Crippen molar-refractivity contribution in [2.75, 3.05) is 14.2 Å². The van der Waals surface area contributed by atoms with Gasteiger partial charge in [0.15, 0.2) is 0 Å². The van der Waals surface area contributed by atoms with Crippen molar-refractivity contribution in [2.24, 2.45) is 5.92 Å². The molecule has 0 bridgehead atoms. The van der Waals surface area contributed by atoms with Crippen molar-refractivity contribution in [3.05, 3.63) is 65.7 Å². The number of nitrogens with zero attached hydrogens (tertiary/aromatic N) is 1. The molecule has 1 aliphatic rings. The molecule has 148 valence electrons. The van der Waals surface area contributed by atoms with Crippen molar-refractivity contribution >= 4 is 11.9 Å². The Labute approximate surface area is 165 Å². The lowest BCUT2D eigenvalue weighted by Gasteiger charge is -2.47. The molecule has 3 atom stereocenters. The third-order valence-electron chi connectivity index (χ3n) is 5.13. The number of likely N-dealkylation sites (tertiary alicyclic amines) is 1. The highest BCUT2D eigenvalue weighted by atomic mass is 16.5. The average Bonchev–Trinajstić information content (AvgIpc) is 2.75. The molecule has 1 fully saturated rings. The monoisotopic (exact) mass is 382 g/mol. The molecule has 0 aliphatic carbocycles. The van der Waals surface area contributed by atoms with Crippen molar-refractivity contribution in [1.82, 2.24) is 10.2 Å². The zero-order valence-electron chi connectivity index (χ0n) is 16.4. The molecule has 1 heterocycles. The van der Waals surface area contributed by atoms with Crippen molar-refractivity contribution in [1.29, 1.82) is 0 Å². The van der Waals surface area contributed by atoms with Gasteiger partial charge in [-0.3, -0.25) is 14.9 Å². The van der Waals surface area contributed by atoms with Crippen LogP contribution >= 0.6 is 0 Å². The van der Waals surface area contributed by atoms with Gasteiger partial charge in [0.05, 0.1) is 26.3 Å². The van der Waals surface area contributed by atoms with Crippen molar-refractivity contribution in [3.63, 3.8) is 0 Å². The van der Waals surface area contributed by atoms with Crippen LogP contribution in [-0.2, 0) is 27.3 Å². The van der Waals surface area contributed by atoms with Gasteiger partial charge >= 0.3 is 5.97 Å². The molecule has 2 aromatic rings.